The number of nitrogens with one attached hydrogen (secondary N) is 1. The highest BCUT2D eigenvalue weighted by molar-refractivity contribution is 5.93. The van der Waals surface area contributed by atoms with Crippen molar-refractivity contribution < 1.29 is 9.53 Å². The fraction of sp³-hybridized carbons (Fsp3) is 0.385. The van der Waals surface area contributed by atoms with Crippen molar-refractivity contribution in [3.8, 4) is 17.3 Å². The summed E-state index contributed by atoms with van der Waals surface area (Å²) in [5.74, 6) is 1.67. The zero-order chi connectivity index (χ0) is 25.6. The van der Waals surface area contributed by atoms with E-state index in [0.717, 1.165) is 50.4 Å². The predicted molar refractivity (Wildman–Crippen MR) is 140 cm³/mol. The van der Waals surface area contributed by atoms with Crippen molar-refractivity contribution in [2.75, 3.05) is 68.1 Å². The maximum Gasteiger partial charge on any atom is 0.242 e. The maximum absolute atomic E-state index is 12.6. The highest BCUT2D eigenvalue weighted by Gasteiger charge is 2.20. The second-order valence-corrected chi connectivity index (χ2v) is 9.04. The molecule has 5 rings (SSSR count). The molecule has 2 fully saturated rings. The molecule has 0 aliphatic carbocycles. The molecule has 0 saturated carbocycles. The van der Waals surface area contributed by atoms with Crippen LogP contribution in [0.5, 0.6) is 0 Å². The quantitative estimate of drug-likeness (QED) is 0.518. The largest absolute Gasteiger partial charge is 0.379 e. The highest BCUT2D eigenvalue weighted by Crippen LogP contribution is 2.27. The lowest BCUT2D eigenvalue weighted by molar-refractivity contribution is -0.120. The minimum Gasteiger partial charge on any atom is -0.379 e. The van der Waals surface area contributed by atoms with Crippen molar-refractivity contribution in [2.45, 2.75) is 12.8 Å². The number of aromatic nitrogens is 4. The summed E-state index contributed by atoms with van der Waals surface area (Å²) in [6.45, 7) is 5.00. The molecule has 0 radical (unpaired) electrons. The van der Waals surface area contributed by atoms with Crippen LogP contribution in [0.25, 0.3) is 11.3 Å². The molecule has 37 heavy (non-hydrogen) atoms. The van der Waals surface area contributed by atoms with Gasteiger partial charge in [0.1, 0.15) is 17.7 Å². The molecule has 3 aromatic rings. The number of hydrogen-bond donors (Lipinski definition) is 1. The Bertz CT molecular complexity index is 1280. The summed E-state index contributed by atoms with van der Waals surface area (Å²) in [7, 11) is 1.73. The second-order valence-electron chi connectivity index (χ2n) is 9.04. The summed E-state index contributed by atoms with van der Waals surface area (Å²) in [5.41, 5.74) is 2.64. The molecule has 0 bridgehead atoms. The molecule has 0 aromatic carbocycles. The van der Waals surface area contributed by atoms with Crippen LogP contribution in [0.3, 0.4) is 0 Å². The van der Waals surface area contributed by atoms with E-state index in [1.165, 1.54) is 0 Å². The average Bonchev–Trinajstić information content (AvgIpc) is 3.48. The summed E-state index contributed by atoms with van der Waals surface area (Å²) in [4.78, 5) is 36.3. The Hall–Kier alpha value is -4.14. The average molecular weight is 500 g/mol. The summed E-state index contributed by atoms with van der Waals surface area (Å²) < 4.78 is 5.34. The van der Waals surface area contributed by atoms with Gasteiger partial charge in [0.05, 0.1) is 42.9 Å². The van der Waals surface area contributed by atoms with Crippen molar-refractivity contribution in [2.24, 2.45) is 0 Å². The molecule has 11 nitrogen and oxygen atoms in total. The van der Waals surface area contributed by atoms with Gasteiger partial charge in [-0.15, -0.1) is 0 Å². The Balaban J connectivity index is 1.25. The molecule has 5 heterocycles. The molecule has 1 amide bonds. The Morgan fingerprint density at radius 2 is 1.92 bits per heavy atom. The Morgan fingerprint density at radius 3 is 2.65 bits per heavy atom. The smallest absolute Gasteiger partial charge is 0.242 e. The van der Waals surface area contributed by atoms with Gasteiger partial charge in [-0.25, -0.2) is 19.9 Å². The van der Waals surface area contributed by atoms with Crippen molar-refractivity contribution in [3.05, 3.63) is 48.4 Å². The Kier molecular flexibility index (Phi) is 7.49. The predicted octanol–water partition coefficient (Wildman–Crippen LogP) is 2.44. The Morgan fingerprint density at radius 1 is 1.11 bits per heavy atom. The molecular weight excluding hydrogens is 470 g/mol. The van der Waals surface area contributed by atoms with E-state index in [1.807, 2.05) is 12.1 Å². The van der Waals surface area contributed by atoms with Crippen molar-refractivity contribution in [1.82, 2.24) is 24.8 Å². The fourth-order valence-corrected chi connectivity index (χ4v) is 4.41. The van der Waals surface area contributed by atoms with Crippen LogP contribution in [0.4, 0.5) is 23.3 Å². The maximum atomic E-state index is 12.6. The van der Waals surface area contributed by atoms with Gasteiger partial charge in [0, 0.05) is 51.2 Å². The third-order valence-corrected chi connectivity index (χ3v) is 6.53. The first-order valence-electron chi connectivity index (χ1n) is 12.4. The van der Waals surface area contributed by atoms with E-state index in [4.69, 9.17) is 4.74 Å². The van der Waals surface area contributed by atoms with Crippen molar-refractivity contribution in [1.29, 1.82) is 5.26 Å². The van der Waals surface area contributed by atoms with Gasteiger partial charge in [0.25, 0.3) is 0 Å². The number of amides is 1. The number of nitriles is 1. The van der Waals surface area contributed by atoms with Crippen molar-refractivity contribution in [3.63, 3.8) is 0 Å². The molecule has 0 unspecified atom stereocenters. The molecule has 2 aliphatic heterocycles. The minimum absolute atomic E-state index is 0.0211. The number of morpholine rings is 1. The van der Waals surface area contributed by atoms with Gasteiger partial charge >= 0.3 is 0 Å². The zero-order valence-electron chi connectivity index (χ0n) is 20.8. The highest BCUT2D eigenvalue weighted by atomic mass is 16.5. The van der Waals surface area contributed by atoms with E-state index < -0.39 is 0 Å². The van der Waals surface area contributed by atoms with Gasteiger partial charge in [0.15, 0.2) is 0 Å². The fourth-order valence-electron chi connectivity index (χ4n) is 4.41. The van der Waals surface area contributed by atoms with Gasteiger partial charge in [-0.3, -0.25) is 14.6 Å². The topological polar surface area (TPSA) is 123 Å². The summed E-state index contributed by atoms with van der Waals surface area (Å²) in [5, 5.41) is 12.8. The summed E-state index contributed by atoms with van der Waals surface area (Å²) >= 11 is 0. The van der Waals surface area contributed by atoms with E-state index in [1.54, 1.807) is 42.7 Å². The molecule has 2 aliphatic rings. The third-order valence-electron chi connectivity index (χ3n) is 6.53. The number of hydrogen-bond acceptors (Lipinski definition) is 10. The lowest BCUT2D eigenvalue weighted by atomic mass is 10.1. The van der Waals surface area contributed by atoms with E-state index in [0.29, 0.717) is 48.5 Å². The molecular formula is C26H29N9O2. The lowest BCUT2D eigenvalue weighted by Crippen LogP contribution is -2.44. The first-order chi connectivity index (χ1) is 18.1. The molecule has 0 atom stereocenters. The van der Waals surface area contributed by atoms with Gasteiger partial charge in [-0.1, -0.05) is 0 Å². The van der Waals surface area contributed by atoms with Crippen LogP contribution in [0.15, 0.2) is 42.9 Å². The van der Waals surface area contributed by atoms with E-state index in [9.17, 15) is 10.1 Å². The molecule has 11 heteroatoms. The normalized spacial score (nSPS) is 15.8. The van der Waals surface area contributed by atoms with Crippen LogP contribution in [0.2, 0.25) is 0 Å². The number of carbonyl (C=O) groups excluding carboxylic acids is 1. The van der Waals surface area contributed by atoms with Gasteiger partial charge in [-0.2, -0.15) is 5.26 Å². The standard InChI is InChI=1S/C26H29N9O2/c1-33(24(36)18-34-10-12-37-13-11-34)23-5-4-21(17-29-23)31-26-28-7-6-22(32-26)20-14-19(15-27)25(30-16-20)35-8-2-3-9-35/h4-7,14,16-17H,2-3,8-13,18H2,1H3,(H,28,31,32). The van der Waals surface area contributed by atoms with Crippen LogP contribution in [-0.2, 0) is 9.53 Å². The molecule has 190 valence electrons. The number of likely N-dealkylation sites (N-methyl/N-ethyl adjacent to an activating group) is 1. The van der Waals surface area contributed by atoms with Crippen molar-refractivity contribution >= 4 is 29.2 Å². The Labute approximate surface area is 215 Å². The van der Waals surface area contributed by atoms with Crippen LogP contribution in [0.1, 0.15) is 18.4 Å². The molecule has 3 aromatic heterocycles. The monoisotopic (exact) mass is 499 g/mol. The number of ether oxygens (including phenoxy) is 1. The zero-order valence-corrected chi connectivity index (χ0v) is 20.8. The second kappa shape index (κ2) is 11.3. The number of carbonyl (C=O) groups is 1. The number of pyridine rings is 2. The van der Waals surface area contributed by atoms with E-state index in [2.05, 4.69) is 41.1 Å². The van der Waals surface area contributed by atoms with E-state index in [-0.39, 0.29) is 5.91 Å². The minimum atomic E-state index is -0.0211. The van der Waals surface area contributed by atoms with Gasteiger partial charge in [0.2, 0.25) is 11.9 Å². The summed E-state index contributed by atoms with van der Waals surface area (Å²) in [6, 6.07) is 9.50. The van der Waals surface area contributed by atoms with Gasteiger partial charge in [-0.05, 0) is 37.1 Å². The van der Waals surface area contributed by atoms with Gasteiger partial charge < -0.3 is 15.0 Å². The molecule has 2 saturated heterocycles. The van der Waals surface area contributed by atoms with Crippen LogP contribution < -0.4 is 15.1 Å². The van der Waals surface area contributed by atoms with E-state index >= 15 is 0 Å². The summed E-state index contributed by atoms with van der Waals surface area (Å²) in [6.07, 6.45) is 7.29. The van der Waals surface area contributed by atoms with Crippen LogP contribution >= 0.6 is 0 Å². The number of anilines is 4. The lowest BCUT2D eigenvalue weighted by Gasteiger charge is -2.27. The molecule has 0 spiro atoms. The first kappa shape index (κ1) is 24.5. The number of rotatable bonds is 7. The SMILES string of the molecule is CN(C(=O)CN1CCOCC1)c1ccc(Nc2nccc(-c3cnc(N4CCCC4)c(C#N)c3)n2)cn1. The molecule has 1 N–H and O–H groups in total. The van der Waals surface area contributed by atoms with Crippen LogP contribution in [0, 0.1) is 11.3 Å². The first-order valence-corrected chi connectivity index (χ1v) is 12.4. The van der Waals surface area contributed by atoms with Crippen LogP contribution in [-0.4, -0.2) is 83.7 Å². The third kappa shape index (κ3) is 5.82. The number of nitrogens with zero attached hydrogens (tertiary/aromatic N) is 8.